The zero-order valence-corrected chi connectivity index (χ0v) is 16.8. The van der Waals surface area contributed by atoms with E-state index in [1.807, 2.05) is 30.3 Å². The molecule has 6 heteroatoms. The molecule has 1 saturated heterocycles. The Morgan fingerprint density at radius 1 is 0.906 bits per heavy atom. The molecule has 0 radical (unpaired) electrons. The van der Waals surface area contributed by atoms with Crippen molar-refractivity contribution in [1.29, 1.82) is 0 Å². The average Bonchev–Trinajstić information content (AvgIpc) is 3.10. The van der Waals surface area contributed by atoms with Crippen molar-refractivity contribution in [3.8, 4) is 0 Å². The van der Waals surface area contributed by atoms with Gasteiger partial charge in [-0.15, -0.1) is 0 Å². The van der Waals surface area contributed by atoms with E-state index in [0.717, 1.165) is 10.8 Å². The Morgan fingerprint density at radius 3 is 2.41 bits per heavy atom. The summed E-state index contributed by atoms with van der Waals surface area (Å²) in [5.74, 6) is -2.33. The number of anilines is 1. The number of hydrogen-bond acceptors (Lipinski definition) is 4. The number of benzene rings is 3. The van der Waals surface area contributed by atoms with Gasteiger partial charge in [0.2, 0.25) is 0 Å². The van der Waals surface area contributed by atoms with Crippen LogP contribution in [0.5, 0.6) is 0 Å². The molecule has 3 aromatic carbocycles. The first kappa shape index (κ1) is 19.6. The standard InChI is InChI=1S/C26H17FN2O3/c27-18-10-12-19(13-11-18)29-23(17-7-4-14-28-15-17)22(25(31)26(29)32)24(30)21-9-3-6-16-5-1-2-8-20(16)21/h1-15,23,30H/b24-22-. The molecule has 2 heterocycles. The van der Waals surface area contributed by atoms with Crippen molar-refractivity contribution in [2.45, 2.75) is 6.04 Å². The zero-order chi connectivity index (χ0) is 22.2. The molecule has 1 N–H and O–H groups in total. The van der Waals surface area contributed by atoms with E-state index in [-0.39, 0.29) is 11.3 Å². The van der Waals surface area contributed by atoms with Crippen LogP contribution in [0, 0.1) is 5.82 Å². The van der Waals surface area contributed by atoms with Crippen LogP contribution in [0.1, 0.15) is 17.2 Å². The first-order valence-corrected chi connectivity index (χ1v) is 10.0. The quantitative estimate of drug-likeness (QED) is 0.285. The maximum Gasteiger partial charge on any atom is 0.300 e. The minimum Gasteiger partial charge on any atom is -0.507 e. The van der Waals surface area contributed by atoms with Crippen LogP contribution in [0.2, 0.25) is 0 Å². The average molecular weight is 424 g/mol. The van der Waals surface area contributed by atoms with Gasteiger partial charge in [-0.1, -0.05) is 48.5 Å². The van der Waals surface area contributed by atoms with Gasteiger partial charge in [0, 0.05) is 23.6 Å². The number of Topliss-reactive ketones (excluding diaryl/α,β-unsaturated/α-hetero) is 1. The highest BCUT2D eigenvalue weighted by Gasteiger charge is 2.47. The lowest BCUT2D eigenvalue weighted by Crippen LogP contribution is -2.29. The van der Waals surface area contributed by atoms with Crippen LogP contribution in [-0.2, 0) is 9.59 Å². The van der Waals surface area contributed by atoms with E-state index < -0.39 is 23.5 Å². The van der Waals surface area contributed by atoms with Gasteiger partial charge < -0.3 is 5.11 Å². The summed E-state index contributed by atoms with van der Waals surface area (Å²) in [6.07, 6.45) is 3.13. The van der Waals surface area contributed by atoms with Crippen molar-refractivity contribution in [3.63, 3.8) is 0 Å². The van der Waals surface area contributed by atoms with Gasteiger partial charge in [0.15, 0.2) is 0 Å². The Morgan fingerprint density at radius 2 is 1.66 bits per heavy atom. The summed E-state index contributed by atoms with van der Waals surface area (Å²) in [5, 5.41) is 13.0. The smallest absolute Gasteiger partial charge is 0.300 e. The van der Waals surface area contributed by atoms with Crippen molar-refractivity contribution in [1.82, 2.24) is 4.98 Å². The predicted octanol–water partition coefficient (Wildman–Crippen LogP) is 5.00. The number of hydrogen-bond donors (Lipinski definition) is 1. The van der Waals surface area contributed by atoms with E-state index in [9.17, 15) is 19.1 Å². The fraction of sp³-hybridized carbons (Fsp3) is 0.0385. The molecule has 0 bridgehead atoms. The normalized spacial score (nSPS) is 17.8. The number of amides is 1. The number of nitrogens with zero attached hydrogens (tertiary/aromatic N) is 2. The number of pyridine rings is 1. The second-order valence-corrected chi connectivity index (χ2v) is 7.46. The number of halogens is 1. The van der Waals surface area contributed by atoms with Crippen LogP contribution in [0.4, 0.5) is 10.1 Å². The third kappa shape index (κ3) is 3.13. The highest BCUT2D eigenvalue weighted by molar-refractivity contribution is 6.51. The number of aliphatic hydroxyl groups is 1. The Bertz CT molecular complexity index is 1380. The van der Waals surface area contributed by atoms with Gasteiger partial charge in [-0.25, -0.2) is 4.39 Å². The summed E-state index contributed by atoms with van der Waals surface area (Å²) in [6, 6.07) is 20.7. The number of ketones is 1. The van der Waals surface area contributed by atoms with Gasteiger partial charge in [0.25, 0.3) is 11.7 Å². The van der Waals surface area contributed by atoms with Crippen molar-refractivity contribution in [2.75, 3.05) is 4.90 Å². The highest BCUT2D eigenvalue weighted by Crippen LogP contribution is 2.42. The van der Waals surface area contributed by atoms with Gasteiger partial charge in [-0.3, -0.25) is 19.5 Å². The van der Waals surface area contributed by atoms with Crippen molar-refractivity contribution >= 4 is 33.9 Å². The fourth-order valence-corrected chi connectivity index (χ4v) is 4.13. The van der Waals surface area contributed by atoms with Crippen LogP contribution in [0.25, 0.3) is 16.5 Å². The molecule has 5 rings (SSSR count). The maximum atomic E-state index is 13.5. The van der Waals surface area contributed by atoms with Gasteiger partial charge >= 0.3 is 0 Å². The van der Waals surface area contributed by atoms with E-state index in [0.29, 0.717) is 16.8 Å². The SMILES string of the molecule is O=C1C(=O)N(c2ccc(F)cc2)C(c2cccnc2)/C1=C(/O)c1cccc2ccccc12. The van der Waals surface area contributed by atoms with Crippen LogP contribution in [0.3, 0.4) is 0 Å². The number of carbonyl (C=O) groups excluding carboxylic acids is 2. The van der Waals surface area contributed by atoms with Gasteiger partial charge in [-0.05, 0) is 46.7 Å². The molecule has 32 heavy (non-hydrogen) atoms. The van der Waals surface area contributed by atoms with Gasteiger partial charge in [0.05, 0.1) is 11.6 Å². The maximum absolute atomic E-state index is 13.5. The molecule has 1 amide bonds. The molecule has 0 saturated carbocycles. The second-order valence-electron chi connectivity index (χ2n) is 7.46. The predicted molar refractivity (Wildman–Crippen MR) is 119 cm³/mol. The van der Waals surface area contributed by atoms with Crippen molar-refractivity contribution in [3.05, 3.63) is 114 Å². The number of carbonyl (C=O) groups is 2. The summed E-state index contributed by atoms with van der Waals surface area (Å²) in [5.41, 5.74) is 1.31. The molecule has 5 nitrogen and oxygen atoms in total. The second kappa shape index (κ2) is 7.74. The largest absolute Gasteiger partial charge is 0.507 e. The van der Waals surface area contributed by atoms with E-state index in [2.05, 4.69) is 4.98 Å². The number of aliphatic hydroxyl groups excluding tert-OH is 1. The molecule has 1 aliphatic rings. The Hall–Kier alpha value is -4.32. The Kier molecular flexibility index (Phi) is 4.75. The van der Waals surface area contributed by atoms with Gasteiger partial charge in [0.1, 0.15) is 11.6 Å². The van der Waals surface area contributed by atoms with E-state index in [4.69, 9.17) is 0 Å². The Balaban J connectivity index is 1.77. The zero-order valence-electron chi connectivity index (χ0n) is 16.8. The molecule has 1 fully saturated rings. The highest BCUT2D eigenvalue weighted by atomic mass is 19.1. The number of fused-ring (bicyclic) bond motifs is 1. The molecule has 1 aliphatic heterocycles. The molecule has 0 aliphatic carbocycles. The van der Waals surface area contributed by atoms with E-state index in [1.54, 1.807) is 36.7 Å². The lowest BCUT2D eigenvalue weighted by atomic mass is 9.94. The molecular weight excluding hydrogens is 407 g/mol. The number of aromatic nitrogens is 1. The summed E-state index contributed by atoms with van der Waals surface area (Å²) in [7, 11) is 0. The summed E-state index contributed by atoms with van der Waals surface area (Å²) in [4.78, 5) is 31.7. The minimum atomic E-state index is -0.909. The topological polar surface area (TPSA) is 70.5 Å². The summed E-state index contributed by atoms with van der Waals surface area (Å²) in [6.45, 7) is 0. The molecule has 1 aromatic heterocycles. The lowest BCUT2D eigenvalue weighted by Gasteiger charge is -2.25. The molecule has 0 spiro atoms. The van der Waals surface area contributed by atoms with Crippen molar-refractivity contribution < 1.29 is 19.1 Å². The number of rotatable bonds is 3. The molecule has 1 atom stereocenters. The molecular formula is C26H17FN2O3. The first-order chi connectivity index (χ1) is 15.6. The van der Waals surface area contributed by atoms with Crippen LogP contribution in [0.15, 0.2) is 96.8 Å². The van der Waals surface area contributed by atoms with E-state index in [1.165, 1.54) is 29.2 Å². The van der Waals surface area contributed by atoms with Crippen LogP contribution < -0.4 is 4.90 Å². The third-order valence-corrected chi connectivity index (χ3v) is 5.59. The van der Waals surface area contributed by atoms with Crippen LogP contribution >= 0.6 is 0 Å². The third-order valence-electron chi connectivity index (χ3n) is 5.59. The van der Waals surface area contributed by atoms with E-state index >= 15 is 0 Å². The summed E-state index contributed by atoms with van der Waals surface area (Å²) < 4.78 is 13.5. The first-order valence-electron chi connectivity index (χ1n) is 10.0. The monoisotopic (exact) mass is 424 g/mol. The van der Waals surface area contributed by atoms with Crippen molar-refractivity contribution in [2.24, 2.45) is 0 Å². The fourth-order valence-electron chi connectivity index (χ4n) is 4.13. The molecule has 1 unspecified atom stereocenters. The Labute approximate surface area is 183 Å². The van der Waals surface area contributed by atoms with Crippen LogP contribution in [-0.4, -0.2) is 21.8 Å². The molecule has 156 valence electrons. The molecule has 4 aromatic rings. The van der Waals surface area contributed by atoms with Gasteiger partial charge in [-0.2, -0.15) is 0 Å². The lowest BCUT2D eigenvalue weighted by molar-refractivity contribution is -0.132. The minimum absolute atomic E-state index is 0.0383. The summed E-state index contributed by atoms with van der Waals surface area (Å²) >= 11 is 0.